The molecule has 0 unspecified atom stereocenters. The van der Waals surface area contributed by atoms with E-state index in [1.54, 1.807) is 6.92 Å². The average Bonchev–Trinajstić information content (AvgIpc) is 1.99. The quantitative estimate of drug-likeness (QED) is 0.380. The lowest BCUT2D eigenvalue weighted by Gasteiger charge is -2.31. The van der Waals surface area contributed by atoms with Crippen molar-refractivity contribution in [1.82, 2.24) is 0 Å². The monoisotopic (exact) mass is 212 g/mol. The second-order valence-electron chi connectivity index (χ2n) is 3.58. The first-order valence-corrected chi connectivity index (χ1v) is 4.49. The van der Waals surface area contributed by atoms with Gasteiger partial charge in [-0.3, -0.25) is 14.4 Å². The van der Waals surface area contributed by atoms with Crippen molar-refractivity contribution >= 4 is 17.7 Å². The first-order valence-electron chi connectivity index (χ1n) is 4.49. The molecule has 0 N–H and O–H groups in total. The van der Waals surface area contributed by atoms with Crippen molar-refractivity contribution in [2.45, 2.75) is 26.6 Å². The first-order chi connectivity index (χ1) is 6.87. The number of ether oxygens (including phenoxy) is 2. The fourth-order valence-electron chi connectivity index (χ4n) is 1.21. The van der Waals surface area contributed by atoms with Crippen LogP contribution in [0.25, 0.3) is 0 Å². The van der Waals surface area contributed by atoms with Gasteiger partial charge in [0.25, 0.3) is 5.79 Å². The molecule has 0 aromatic rings. The van der Waals surface area contributed by atoms with Crippen molar-refractivity contribution in [1.29, 1.82) is 0 Å². The van der Waals surface area contributed by atoms with E-state index in [0.717, 1.165) is 6.08 Å². The molecule has 0 bridgehead atoms. The van der Waals surface area contributed by atoms with Crippen LogP contribution in [0.5, 0.6) is 0 Å². The lowest BCUT2D eigenvalue weighted by atomic mass is 10.0. The van der Waals surface area contributed by atoms with Crippen LogP contribution in [0.3, 0.4) is 0 Å². The van der Waals surface area contributed by atoms with Crippen LogP contribution in [0, 0.1) is 5.92 Å². The summed E-state index contributed by atoms with van der Waals surface area (Å²) in [6.45, 7) is 4.47. The van der Waals surface area contributed by atoms with E-state index in [9.17, 15) is 14.4 Å². The molecule has 1 saturated heterocycles. The van der Waals surface area contributed by atoms with Crippen LogP contribution >= 0.6 is 0 Å². The molecule has 1 fully saturated rings. The smallest absolute Gasteiger partial charge is 0.331 e. The number of ketones is 1. The van der Waals surface area contributed by atoms with Crippen LogP contribution in [0.1, 0.15) is 20.8 Å². The fourth-order valence-corrected chi connectivity index (χ4v) is 1.21. The number of cyclic esters (lactones) is 2. The van der Waals surface area contributed by atoms with E-state index in [1.165, 1.54) is 19.9 Å². The molecule has 0 aromatic carbocycles. The Hall–Kier alpha value is -1.65. The van der Waals surface area contributed by atoms with E-state index in [2.05, 4.69) is 0 Å². The topological polar surface area (TPSA) is 69.7 Å². The Bertz CT molecular complexity index is 320. The summed E-state index contributed by atoms with van der Waals surface area (Å²) in [5.74, 6) is -5.11. The minimum Gasteiger partial charge on any atom is -0.422 e. The van der Waals surface area contributed by atoms with Crippen LogP contribution in [0.4, 0.5) is 0 Å². The zero-order chi connectivity index (χ0) is 11.6. The zero-order valence-corrected chi connectivity index (χ0v) is 8.77. The minimum absolute atomic E-state index is 0.622. The largest absolute Gasteiger partial charge is 0.422 e. The number of esters is 2. The minimum atomic E-state index is -1.48. The Morgan fingerprint density at radius 2 is 1.73 bits per heavy atom. The van der Waals surface area contributed by atoms with E-state index < -0.39 is 29.4 Å². The Morgan fingerprint density at radius 1 is 1.27 bits per heavy atom. The van der Waals surface area contributed by atoms with E-state index in [-0.39, 0.29) is 0 Å². The maximum Gasteiger partial charge on any atom is 0.331 e. The molecular formula is C10H12O5. The molecule has 0 aliphatic carbocycles. The SMILES string of the molecule is C/C=C/C(=O)C1C(=O)OC(C)(C)OC1=O. The fraction of sp³-hybridized carbons (Fsp3) is 0.500. The molecule has 0 radical (unpaired) electrons. The number of allylic oxidation sites excluding steroid dienone is 2. The predicted octanol–water partition coefficient (Wildman–Crippen LogP) is 0.584. The summed E-state index contributed by atoms with van der Waals surface area (Å²) in [5, 5.41) is 0. The summed E-state index contributed by atoms with van der Waals surface area (Å²) in [5.41, 5.74) is 0. The summed E-state index contributed by atoms with van der Waals surface area (Å²) >= 11 is 0. The van der Waals surface area contributed by atoms with Gasteiger partial charge in [0.15, 0.2) is 5.78 Å². The molecule has 1 aliphatic heterocycles. The lowest BCUT2D eigenvalue weighted by molar-refractivity contribution is -0.238. The van der Waals surface area contributed by atoms with Crippen molar-refractivity contribution in [3.05, 3.63) is 12.2 Å². The summed E-state index contributed by atoms with van der Waals surface area (Å²) < 4.78 is 9.57. The molecule has 82 valence electrons. The van der Waals surface area contributed by atoms with Gasteiger partial charge in [-0.05, 0) is 13.0 Å². The Kier molecular flexibility index (Phi) is 2.93. The highest BCUT2D eigenvalue weighted by Crippen LogP contribution is 2.23. The predicted molar refractivity (Wildman–Crippen MR) is 49.6 cm³/mol. The van der Waals surface area contributed by atoms with Gasteiger partial charge < -0.3 is 9.47 Å². The Morgan fingerprint density at radius 3 is 2.13 bits per heavy atom. The van der Waals surface area contributed by atoms with Crippen LogP contribution in [-0.2, 0) is 23.9 Å². The standard InChI is InChI=1S/C10H12O5/c1-4-5-6(11)7-8(12)14-10(2,3)15-9(7)13/h4-5,7H,1-3H3/b5-4+. The highest BCUT2D eigenvalue weighted by Gasteiger charge is 2.46. The van der Waals surface area contributed by atoms with E-state index >= 15 is 0 Å². The highest BCUT2D eigenvalue weighted by atomic mass is 16.7. The number of hydrogen-bond donors (Lipinski definition) is 0. The number of carbonyl (C=O) groups is 3. The van der Waals surface area contributed by atoms with Crippen molar-refractivity contribution in [3.63, 3.8) is 0 Å². The molecule has 1 aliphatic rings. The van der Waals surface area contributed by atoms with E-state index in [4.69, 9.17) is 9.47 Å². The van der Waals surface area contributed by atoms with Gasteiger partial charge in [0.05, 0.1) is 0 Å². The molecule has 15 heavy (non-hydrogen) atoms. The second-order valence-corrected chi connectivity index (χ2v) is 3.58. The Labute approximate surface area is 87.0 Å². The van der Waals surface area contributed by atoms with Gasteiger partial charge in [-0.15, -0.1) is 0 Å². The van der Waals surface area contributed by atoms with Gasteiger partial charge in [0, 0.05) is 13.8 Å². The molecule has 1 rings (SSSR count). The lowest BCUT2D eigenvalue weighted by Crippen LogP contribution is -2.48. The number of hydrogen-bond acceptors (Lipinski definition) is 5. The van der Waals surface area contributed by atoms with Gasteiger partial charge in [0.2, 0.25) is 5.92 Å². The first kappa shape index (κ1) is 11.4. The van der Waals surface area contributed by atoms with Gasteiger partial charge in [-0.1, -0.05) is 6.08 Å². The molecule has 0 atom stereocenters. The third-order valence-corrected chi connectivity index (χ3v) is 1.78. The van der Waals surface area contributed by atoms with E-state index in [1.807, 2.05) is 0 Å². The summed E-state index contributed by atoms with van der Waals surface area (Å²) in [6, 6.07) is 0. The third kappa shape index (κ3) is 2.43. The van der Waals surface area contributed by atoms with Crippen LogP contribution in [-0.4, -0.2) is 23.5 Å². The summed E-state index contributed by atoms with van der Waals surface area (Å²) in [4.78, 5) is 34.1. The van der Waals surface area contributed by atoms with Crippen LogP contribution in [0.2, 0.25) is 0 Å². The molecule has 0 spiro atoms. The average molecular weight is 212 g/mol. The molecule has 1 heterocycles. The highest BCUT2D eigenvalue weighted by molar-refractivity contribution is 6.19. The summed E-state index contributed by atoms with van der Waals surface area (Å²) in [6.07, 6.45) is 2.59. The number of carbonyl (C=O) groups excluding carboxylic acids is 3. The van der Waals surface area contributed by atoms with E-state index in [0.29, 0.717) is 0 Å². The Balaban J connectivity index is 2.89. The normalized spacial score (nSPS) is 21.3. The van der Waals surface area contributed by atoms with Crippen molar-refractivity contribution in [2.24, 2.45) is 5.92 Å². The molecule has 0 amide bonds. The van der Waals surface area contributed by atoms with Crippen LogP contribution in [0.15, 0.2) is 12.2 Å². The maximum atomic E-state index is 11.4. The van der Waals surface area contributed by atoms with Gasteiger partial charge in [-0.25, -0.2) is 0 Å². The van der Waals surface area contributed by atoms with Crippen molar-refractivity contribution in [3.8, 4) is 0 Å². The summed E-state index contributed by atoms with van der Waals surface area (Å²) in [7, 11) is 0. The zero-order valence-electron chi connectivity index (χ0n) is 8.77. The van der Waals surface area contributed by atoms with Gasteiger partial charge in [0.1, 0.15) is 0 Å². The third-order valence-electron chi connectivity index (χ3n) is 1.78. The second kappa shape index (κ2) is 3.84. The molecule has 5 heteroatoms. The van der Waals surface area contributed by atoms with Crippen LogP contribution < -0.4 is 0 Å². The molecule has 0 saturated carbocycles. The molecular weight excluding hydrogens is 200 g/mol. The van der Waals surface area contributed by atoms with Crippen molar-refractivity contribution in [2.75, 3.05) is 0 Å². The molecule has 0 aromatic heterocycles. The van der Waals surface area contributed by atoms with Gasteiger partial charge in [-0.2, -0.15) is 0 Å². The maximum absolute atomic E-state index is 11.4. The number of rotatable bonds is 2. The van der Waals surface area contributed by atoms with Crippen molar-refractivity contribution < 1.29 is 23.9 Å². The van der Waals surface area contributed by atoms with Gasteiger partial charge >= 0.3 is 11.9 Å². The molecule has 5 nitrogen and oxygen atoms in total.